The van der Waals surface area contributed by atoms with Gasteiger partial charge >= 0.3 is 0 Å². The zero-order valence-corrected chi connectivity index (χ0v) is 18.2. The van der Waals surface area contributed by atoms with E-state index in [4.69, 9.17) is 4.74 Å². The fourth-order valence-corrected chi connectivity index (χ4v) is 2.63. The first-order chi connectivity index (χ1) is 14.3. The number of amides is 3. The van der Waals surface area contributed by atoms with Crippen molar-refractivity contribution in [2.45, 2.75) is 46.6 Å². The van der Waals surface area contributed by atoms with E-state index in [9.17, 15) is 19.2 Å². The number of benzene rings is 1. The minimum Gasteiger partial charge on any atom is -0.372 e. The molecule has 174 valence electrons. The van der Waals surface area contributed by atoms with Crippen molar-refractivity contribution in [1.29, 1.82) is 0 Å². The zero-order chi connectivity index (χ0) is 22.4. The van der Waals surface area contributed by atoms with Gasteiger partial charge in [0.1, 0.15) is 12.4 Å². The van der Waals surface area contributed by atoms with Gasteiger partial charge in [-0.1, -0.05) is 38.6 Å². The Bertz CT molecular complexity index is 691. The van der Waals surface area contributed by atoms with Crippen LogP contribution in [0.5, 0.6) is 0 Å². The summed E-state index contributed by atoms with van der Waals surface area (Å²) in [5.41, 5.74) is 1.83. The van der Waals surface area contributed by atoms with E-state index in [2.05, 4.69) is 5.32 Å². The number of ketones is 1. The largest absolute Gasteiger partial charge is 0.372 e. The molecule has 0 aliphatic rings. The topological polar surface area (TPSA) is 96.0 Å². The third kappa shape index (κ3) is 12.5. The van der Waals surface area contributed by atoms with Gasteiger partial charge in [-0.15, -0.1) is 0 Å². The minimum absolute atomic E-state index is 0. The number of carbonyl (C=O) groups excluding carboxylic acids is 4. The third-order valence-corrected chi connectivity index (χ3v) is 4.56. The first-order valence-electron chi connectivity index (χ1n) is 10.2. The van der Waals surface area contributed by atoms with E-state index >= 15 is 0 Å². The van der Waals surface area contributed by atoms with E-state index in [1.165, 1.54) is 4.90 Å². The highest BCUT2D eigenvalue weighted by molar-refractivity contribution is 5.81. The summed E-state index contributed by atoms with van der Waals surface area (Å²) in [6.07, 6.45) is 2.53. The lowest BCUT2D eigenvalue weighted by atomic mass is 10.1. The Kier molecular flexibility index (Phi) is 14.6. The van der Waals surface area contributed by atoms with E-state index in [1.54, 1.807) is 25.9 Å². The van der Waals surface area contributed by atoms with Crippen LogP contribution >= 0.6 is 0 Å². The van der Waals surface area contributed by atoms with Crippen LogP contribution in [0.15, 0.2) is 24.3 Å². The molecule has 0 spiro atoms. The van der Waals surface area contributed by atoms with Crippen molar-refractivity contribution in [3.63, 3.8) is 0 Å². The zero-order valence-electron chi connectivity index (χ0n) is 18.2. The first kappa shape index (κ1) is 28.3. The number of likely N-dealkylation sites (N-methyl/N-ethyl adjacent to an activating group) is 1. The van der Waals surface area contributed by atoms with Crippen molar-refractivity contribution in [2.75, 3.05) is 40.4 Å². The van der Waals surface area contributed by atoms with Crippen molar-refractivity contribution in [3.05, 3.63) is 35.4 Å². The fourth-order valence-electron chi connectivity index (χ4n) is 2.63. The van der Waals surface area contributed by atoms with Crippen molar-refractivity contribution in [1.82, 2.24) is 15.1 Å². The first-order valence-corrected chi connectivity index (χ1v) is 10.2. The molecule has 0 fully saturated rings. The highest BCUT2D eigenvalue weighted by atomic mass is 16.5. The van der Waals surface area contributed by atoms with Gasteiger partial charge < -0.3 is 19.9 Å². The molecule has 8 nitrogen and oxygen atoms in total. The van der Waals surface area contributed by atoms with Crippen LogP contribution < -0.4 is 5.32 Å². The standard InChI is InChI=1S/C22H33N3O5.CH4/c1-4-20(27)10-11-23-21(28)14-18-6-8-19(9-7-18)15-25(3)22(29)16-30-13-5-12-24(2)17-26;/h6-9,17H,4-5,10-16H2,1-3H3,(H,23,28);1H4. The number of Topliss-reactive ketones (excluding diaryl/α,β-unsaturated/α-hetero) is 1. The second kappa shape index (κ2) is 16.0. The molecule has 0 saturated carbocycles. The van der Waals surface area contributed by atoms with Crippen LogP contribution in [0, 0.1) is 0 Å². The average Bonchev–Trinajstić information content (AvgIpc) is 2.74. The van der Waals surface area contributed by atoms with Crippen LogP contribution in [0.1, 0.15) is 44.7 Å². The van der Waals surface area contributed by atoms with Gasteiger partial charge in [0.05, 0.1) is 6.42 Å². The highest BCUT2D eigenvalue weighted by Crippen LogP contribution is 2.08. The van der Waals surface area contributed by atoms with Crippen molar-refractivity contribution in [2.24, 2.45) is 0 Å². The molecule has 1 aromatic carbocycles. The molecule has 31 heavy (non-hydrogen) atoms. The lowest BCUT2D eigenvalue weighted by molar-refractivity contribution is -0.135. The molecule has 0 bridgehead atoms. The smallest absolute Gasteiger partial charge is 0.248 e. The summed E-state index contributed by atoms with van der Waals surface area (Å²) in [7, 11) is 3.41. The predicted molar refractivity (Wildman–Crippen MR) is 120 cm³/mol. The van der Waals surface area contributed by atoms with Gasteiger partial charge in [0.25, 0.3) is 0 Å². The second-order valence-corrected chi connectivity index (χ2v) is 7.23. The van der Waals surface area contributed by atoms with Gasteiger partial charge in [-0.05, 0) is 17.5 Å². The molecule has 0 aromatic heterocycles. The maximum absolute atomic E-state index is 12.1. The number of hydrogen-bond donors (Lipinski definition) is 1. The Morgan fingerprint density at radius 1 is 1.10 bits per heavy atom. The maximum atomic E-state index is 12.1. The number of nitrogens with zero attached hydrogens (tertiary/aromatic N) is 2. The number of rotatable bonds is 15. The Balaban J connectivity index is 0.00000900. The highest BCUT2D eigenvalue weighted by Gasteiger charge is 2.10. The summed E-state index contributed by atoms with van der Waals surface area (Å²) in [6, 6.07) is 7.52. The molecule has 1 aromatic rings. The fraction of sp³-hybridized carbons (Fsp3) is 0.565. The molecule has 0 aliphatic heterocycles. The Morgan fingerprint density at radius 3 is 2.35 bits per heavy atom. The average molecular weight is 436 g/mol. The molecule has 0 atom stereocenters. The van der Waals surface area contributed by atoms with Crippen LogP contribution in [0.3, 0.4) is 0 Å². The van der Waals surface area contributed by atoms with Gasteiger partial charge in [0.15, 0.2) is 0 Å². The van der Waals surface area contributed by atoms with Crippen LogP contribution in [-0.2, 0) is 36.9 Å². The van der Waals surface area contributed by atoms with Crippen LogP contribution in [0.2, 0.25) is 0 Å². The molecule has 1 rings (SSSR count). The summed E-state index contributed by atoms with van der Waals surface area (Å²) >= 11 is 0. The van der Waals surface area contributed by atoms with E-state index < -0.39 is 0 Å². The summed E-state index contributed by atoms with van der Waals surface area (Å²) in [6.45, 7) is 3.63. The molecule has 0 aliphatic carbocycles. The number of hydrogen-bond acceptors (Lipinski definition) is 5. The molecule has 0 saturated heterocycles. The molecule has 1 N–H and O–H groups in total. The van der Waals surface area contributed by atoms with E-state index in [1.807, 2.05) is 24.3 Å². The number of nitrogens with one attached hydrogen (secondary N) is 1. The summed E-state index contributed by atoms with van der Waals surface area (Å²) in [5, 5.41) is 2.75. The lowest BCUT2D eigenvalue weighted by Gasteiger charge is -2.18. The summed E-state index contributed by atoms with van der Waals surface area (Å²) < 4.78 is 5.37. The molecule has 0 radical (unpaired) electrons. The van der Waals surface area contributed by atoms with Gasteiger partial charge in [0.2, 0.25) is 18.2 Å². The summed E-state index contributed by atoms with van der Waals surface area (Å²) in [5.74, 6) is -0.103. The molecular formula is C23H37N3O5. The second-order valence-electron chi connectivity index (χ2n) is 7.23. The maximum Gasteiger partial charge on any atom is 0.248 e. The SMILES string of the molecule is C.CCC(=O)CCNC(=O)Cc1ccc(CN(C)C(=O)COCCCN(C)C=O)cc1. The van der Waals surface area contributed by atoms with Crippen LogP contribution in [0.25, 0.3) is 0 Å². The lowest BCUT2D eigenvalue weighted by Crippen LogP contribution is -2.30. The van der Waals surface area contributed by atoms with Gasteiger partial charge in [-0.2, -0.15) is 0 Å². The minimum atomic E-state index is -0.121. The third-order valence-electron chi connectivity index (χ3n) is 4.56. The van der Waals surface area contributed by atoms with Crippen LogP contribution in [0.4, 0.5) is 0 Å². The van der Waals surface area contributed by atoms with E-state index in [0.717, 1.165) is 17.5 Å². The molecule has 3 amide bonds. The number of carbonyl (C=O) groups is 4. The van der Waals surface area contributed by atoms with Gasteiger partial charge in [-0.25, -0.2) is 0 Å². The normalized spacial score (nSPS) is 10.0. The van der Waals surface area contributed by atoms with Crippen LogP contribution in [-0.4, -0.2) is 74.2 Å². The number of ether oxygens (including phenoxy) is 1. The summed E-state index contributed by atoms with van der Waals surface area (Å²) in [4.78, 5) is 48.9. The van der Waals surface area contributed by atoms with E-state index in [-0.39, 0.29) is 38.1 Å². The quantitative estimate of drug-likeness (QED) is 0.335. The van der Waals surface area contributed by atoms with Crippen molar-refractivity contribution >= 4 is 24.0 Å². The van der Waals surface area contributed by atoms with Crippen molar-refractivity contribution < 1.29 is 23.9 Å². The molecular weight excluding hydrogens is 398 g/mol. The monoisotopic (exact) mass is 435 g/mol. The molecule has 8 heteroatoms. The molecule has 0 unspecified atom stereocenters. The Hall–Kier alpha value is -2.74. The van der Waals surface area contributed by atoms with Gasteiger partial charge in [-0.3, -0.25) is 19.2 Å². The van der Waals surface area contributed by atoms with Crippen molar-refractivity contribution in [3.8, 4) is 0 Å². The van der Waals surface area contributed by atoms with Gasteiger partial charge in [0, 0.05) is 53.2 Å². The van der Waals surface area contributed by atoms with E-state index in [0.29, 0.717) is 45.5 Å². The Labute approximate surface area is 185 Å². The Morgan fingerprint density at radius 2 is 1.74 bits per heavy atom. The predicted octanol–water partition coefficient (Wildman–Crippen LogP) is 1.80. The molecule has 0 heterocycles.